The van der Waals surface area contributed by atoms with Gasteiger partial charge in [0.1, 0.15) is 11.4 Å². The quantitative estimate of drug-likeness (QED) is 0.823. The number of hydrogen-bond donors (Lipinski definition) is 1. The van der Waals surface area contributed by atoms with Gasteiger partial charge in [-0.25, -0.2) is 4.79 Å². The van der Waals surface area contributed by atoms with Gasteiger partial charge in [-0.15, -0.1) is 0 Å². The van der Waals surface area contributed by atoms with Crippen molar-refractivity contribution in [3.05, 3.63) is 0 Å². The Bertz CT molecular complexity index is 313. The molecule has 0 heterocycles. The van der Waals surface area contributed by atoms with E-state index < -0.39 is 11.7 Å². The van der Waals surface area contributed by atoms with Crippen LogP contribution in [0, 0.1) is 5.41 Å². The third-order valence-corrected chi connectivity index (χ3v) is 2.93. The summed E-state index contributed by atoms with van der Waals surface area (Å²) < 4.78 is 5.13. The third kappa shape index (κ3) is 4.75. The standard InChI is InChI=1S/C13H23NO3/c1-9(8-10(15)13(5)6-7-13)14-11(16)17-12(2,3)4/h9H,6-8H2,1-5H3,(H,14,16). The van der Waals surface area contributed by atoms with Gasteiger partial charge in [0.25, 0.3) is 0 Å². The lowest BCUT2D eigenvalue weighted by Crippen LogP contribution is -2.39. The fourth-order valence-electron chi connectivity index (χ4n) is 1.55. The van der Waals surface area contributed by atoms with Gasteiger partial charge in [0.2, 0.25) is 0 Å². The molecule has 0 aromatic carbocycles. The molecule has 17 heavy (non-hydrogen) atoms. The van der Waals surface area contributed by atoms with E-state index in [1.807, 2.05) is 34.6 Å². The Balaban J connectivity index is 2.32. The van der Waals surface area contributed by atoms with Crippen molar-refractivity contribution in [3.63, 3.8) is 0 Å². The Kier molecular flexibility index (Phi) is 3.84. The minimum atomic E-state index is -0.504. The van der Waals surface area contributed by atoms with Crippen molar-refractivity contribution in [3.8, 4) is 0 Å². The van der Waals surface area contributed by atoms with Gasteiger partial charge in [-0.3, -0.25) is 4.79 Å². The Labute approximate surface area is 103 Å². The first kappa shape index (κ1) is 14.0. The molecule has 1 atom stereocenters. The lowest BCUT2D eigenvalue weighted by Gasteiger charge is -2.22. The fraction of sp³-hybridized carbons (Fsp3) is 0.846. The highest BCUT2D eigenvalue weighted by molar-refractivity contribution is 5.87. The van der Waals surface area contributed by atoms with E-state index in [0.29, 0.717) is 6.42 Å². The monoisotopic (exact) mass is 241 g/mol. The van der Waals surface area contributed by atoms with Crippen molar-refractivity contribution in [2.24, 2.45) is 5.41 Å². The molecular formula is C13H23NO3. The SMILES string of the molecule is CC(CC(=O)C1(C)CC1)NC(=O)OC(C)(C)C. The summed E-state index contributed by atoms with van der Waals surface area (Å²) in [5, 5.41) is 2.69. The minimum absolute atomic E-state index is 0.121. The first-order chi connectivity index (χ1) is 7.62. The molecule has 0 bridgehead atoms. The number of rotatable bonds is 4. The molecule has 4 nitrogen and oxygen atoms in total. The van der Waals surface area contributed by atoms with E-state index in [-0.39, 0.29) is 17.2 Å². The number of ether oxygens (including phenoxy) is 1. The molecule has 0 saturated heterocycles. The van der Waals surface area contributed by atoms with Crippen LogP contribution in [0.1, 0.15) is 53.9 Å². The van der Waals surface area contributed by atoms with Gasteiger partial charge >= 0.3 is 6.09 Å². The Morgan fingerprint density at radius 1 is 1.35 bits per heavy atom. The number of alkyl carbamates (subject to hydrolysis) is 1. The maximum atomic E-state index is 11.8. The number of carbonyl (C=O) groups is 2. The van der Waals surface area contributed by atoms with Crippen LogP contribution in [0.3, 0.4) is 0 Å². The van der Waals surface area contributed by atoms with E-state index in [1.165, 1.54) is 0 Å². The zero-order valence-electron chi connectivity index (χ0n) is 11.4. The maximum Gasteiger partial charge on any atom is 0.407 e. The number of carbonyl (C=O) groups excluding carboxylic acids is 2. The average molecular weight is 241 g/mol. The highest BCUT2D eigenvalue weighted by Gasteiger charge is 2.44. The summed E-state index contributed by atoms with van der Waals surface area (Å²) in [4.78, 5) is 23.3. The lowest BCUT2D eigenvalue weighted by atomic mass is 9.98. The van der Waals surface area contributed by atoms with Crippen molar-refractivity contribution < 1.29 is 14.3 Å². The molecule has 1 aliphatic rings. The molecule has 1 N–H and O–H groups in total. The molecule has 1 rings (SSSR count). The van der Waals surface area contributed by atoms with E-state index in [2.05, 4.69) is 5.32 Å². The summed E-state index contributed by atoms with van der Waals surface area (Å²) in [5.41, 5.74) is -0.625. The average Bonchev–Trinajstić information content (AvgIpc) is 2.80. The summed E-state index contributed by atoms with van der Waals surface area (Å²) in [7, 11) is 0. The molecule has 0 aromatic heterocycles. The van der Waals surface area contributed by atoms with Crippen LogP contribution < -0.4 is 5.32 Å². The lowest BCUT2D eigenvalue weighted by molar-refractivity contribution is -0.123. The van der Waals surface area contributed by atoms with Crippen LogP contribution in [0.4, 0.5) is 4.79 Å². The molecule has 1 fully saturated rings. The minimum Gasteiger partial charge on any atom is -0.444 e. The van der Waals surface area contributed by atoms with Gasteiger partial charge in [-0.05, 0) is 40.5 Å². The molecule has 0 aliphatic heterocycles. The zero-order valence-corrected chi connectivity index (χ0v) is 11.4. The largest absolute Gasteiger partial charge is 0.444 e. The second-order valence-corrected chi connectivity index (χ2v) is 6.24. The van der Waals surface area contributed by atoms with Crippen LogP contribution in [0.5, 0.6) is 0 Å². The van der Waals surface area contributed by atoms with Crippen molar-refractivity contribution in [2.45, 2.75) is 65.5 Å². The summed E-state index contributed by atoms with van der Waals surface area (Å²) in [5.74, 6) is 0.237. The van der Waals surface area contributed by atoms with Crippen LogP contribution >= 0.6 is 0 Å². The van der Waals surface area contributed by atoms with Crippen LogP contribution in [-0.4, -0.2) is 23.5 Å². The Hall–Kier alpha value is -1.06. The second-order valence-electron chi connectivity index (χ2n) is 6.24. The molecule has 0 aromatic rings. The van der Waals surface area contributed by atoms with Gasteiger partial charge in [0, 0.05) is 17.9 Å². The normalized spacial score (nSPS) is 19.4. The predicted octanol–water partition coefficient (Wildman–Crippen LogP) is 2.66. The number of hydrogen-bond acceptors (Lipinski definition) is 3. The van der Waals surface area contributed by atoms with Gasteiger partial charge in [-0.1, -0.05) is 6.92 Å². The zero-order chi connectivity index (χ0) is 13.3. The topological polar surface area (TPSA) is 55.4 Å². The van der Waals surface area contributed by atoms with Gasteiger partial charge in [-0.2, -0.15) is 0 Å². The highest BCUT2D eigenvalue weighted by Crippen LogP contribution is 2.46. The molecule has 0 radical (unpaired) electrons. The highest BCUT2D eigenvalue weighted by atomic mass is 16.6. The second kappa shape index (κ2) is 4.67. The summed E-state index contributed by atoms with van der Waals surface area (Å²) in [6.45, 7) is 9.25. The van der Waals surface area contributed by atoms with E-state index >= 15 is 0 Å². The van der Waals surface area contributed by atoms with Crippen LogP contribution in [-0.2, 0) is 9.53 Å². The van der Waals surface area contributed by atoms with Crippen molar-refractivity contribution in [1.82, 2.24) is 5.32 Å². The van der Waals surface area contributed by atoms with E-state index in [0.717, 1.165) is 12.8 Å². The maximum absolute atomic E-state index is 11.8. The van der Waals surface area contributed by atoms with Gasteiger partial charge in [0.05, 0.1) is 0 Å². The van der Waals surface area contributed by atoms with Gasteiger partial charge in [0.15, 0.2) is 0 Å². The predicted molar refractivity (Wildman–Crippen MR) is 65.8 cm³/mol. The number of amides is 1. The van der Waals surface area contributed by atoms with Crippen LogP contribution in [0.25, 0.3) is 0 Å². The van der Waals surface area contributed by atoms with Crippen molar-refractivity contribution >= 4 is 11.9 Å². The molecule has 98 valence electrons. The molecular weight excluding hydrogens is 218 g/mol. The fourth-order valence-corrected chi connectivity index (χ4v) is 1.55. The third-order valence-electron chi connectivity index (χ3n) is 2.93. The smallest absolute Gasteiger partial charge is 0.407 e. The van der Waals surface area contributed by atoms with E-state index in [1.54, 1.807) is 0 Å². The van der Waals surface area contributed by atoms with E-state index in [9.17, 15) is 9.59 Å². The number of ketones is 1. The molecule has 0 spiro atoms. The van der Waals surface area contributed by atoms with Gasteiger partial charge < -0.3 is 10.1 Å². The molecule has 4 heteroatoms. The summed E-state index contributed by atoms with van der Waals surface area (Å²) in [6, 6.07) is -0.172. The first-order valence-corrected chi connectivity index (χ1v) is 6.15. The van der Waals surface area contributed by atoms with Crippen LogP contribution in [0.2, 0.25) is 0 Å². The van der Waals surface area contributed by atoms with E-state index in [4.69, 9.17) is 4.74 Å². The first-order valence-electron chi connectivity index (χ1n) is 6.15. The molecule has 1 saturated carbocycles. The van der Waals surface area contributed by atoms with Crippen LogP contribution in [0.15, 0.2) is 0 Å². The van der Waals surface area contributed by atoms with Crippen molar-refractivity contribution in [2.75, 3.05) is 0 Å². The molecule has 1 aliphatic carbocycles. The summed E-state index contributed by atoms with van der Waals surface area (Å²) >= 11 is 0. The molecule has 1 unspecified atom stereocenters. The van der Waals surface area contributed by atoms with Crippen molar-refractivity contribution in [1.29, 1.82) is 0 Å². The Morgan fingerprint density at radius 2 is 1.88 bits per heavy atom. The Morgan fingerprint density at radius 3 is 2.29 bits per heavy atom. The summed E-state index contributed by atoms with van der Waals surface area (Å²) in [6.07, 6.45) is 1.88. The number of nitrogens with one attached hydrogen (secondary N) is 1. The molecule has 1 amide bonds. The number of Topliss-reactive ketones (excluding diaryl/α,β-unsaturated/α-hetero) is 1.